The second-order valence-electron chi connectivity index (χ2n) is 4.61. The highest BCUT2D eigenvalue weighted by Crippen LogP contribution is 2.31. The normalized spacial score (nSPS) is 34.2. The van der Waals surface area contributed by atoms with Gasteiger partial charge in [-0.1, -0.05) is 0 Å². The molecule has 1 aliphatic heterocycles. The van der Waals surface area contributed by atoms with Gasteiger partial charge in [-0.25, -0.2) is 0 Å². The monoisotopic (exact) mass is 200 g/mol. The smallest absolute Gasteiger partial charge is 0.0283 e. The molecule has 0 amide bonds. The molecule has 0 bridgehead atoms. The van der Waals surface area contributed by atoms with Crippen LogP contribution < -0.4 is 5.73 Å². The van der Waals surface area contributed by atoms with Gasteiger partial charge in [0.25, 0.3) is 0 Å². The quantitative estimate of drug-likeness (QED) is 0.728. The van der Waals surface area contributed by atoms with E-state index >= 15 is 0 Å². The molecule has 3 heteroatoms. The Balaban J connectivity index is 1.85. The van der Waals surface area contributed by atoms with Crippen molar-refractivity contribution < 1.29 is 0 Å². The van der Waals surface area contributed by atoms with E-state index in [-0.39, 0.29) is 5.54 Å². The number of nitrogens with two attached hydrogens (primary N) is 1. The van der Waals surface area contributed by atoms with Crippen molar-refractivity contribution in [1.29, 1.82) is 0 Å². The number of hydrogen-bond donors (Lipinski definition) is 1. The van der Waals surface area contributed by atoms with Crippen LogP contribution in [0.3, 0.4) is 0 Å². The lowest BCUT2D eigenvalue weighted by molar-refractivity contribution is 0.125. The van der Waals surface area contributed by atoms with Crippen molar-refractivity contribution in [1.82, 2.24) is 4.90 Å². The molecule has 2 nitrogen and oxygen atoms in total. The van der Waals surface area contributed by atoms with Gasteiger partial charge in [0.1, 0.15) is 0 Å². The third-order valence-corrected chi connectivity index (χ3v) is 4.56. The van der Waals surface area contributed by atoms with Crippen LogP contribution in [0.1, 0.15) is 26.2 Å². The molecule has 0 aromatic carbocycles. The molecule has 0 aromatic rings. The second kappa shape index (κ2) is 3.79. The molecule has 1 heterocycles. The van der Waals surface area contributed by atoms with Crippen molar-refractivity contribution in [2.45, 2.75) is 37.8 Å². The van der Waals surface area contributed by atoms with E-state index in [9.17, 15) is 0 Å². The summed E-state index contributed by atoms with van der Waals surface area (Å²) < 4.78 is 0. The fourth-order valence-electron chi connectivity index (χ4n) is 2.19. The van der Waals surface area contributed by atoms with E-state index in [0.29, 0.717) is 0 Å². The van der Waals surface area contributed by atoms with Gasteiger partial charge in [-0.05, 0) is 26.2 Å². The Morgan fingerprint density at radius 2 is 2.31 bits per heavy atom. The van der Waals surface area contributed by atoms with Gasteiger partial charge in [-0.2, -0.15) is 11.8 Å². The van der Waals surface area contributed by atoms with Crippen molar-refractivity contribution in [2.24, 2.45) is 5.73 Å². The fraction of sp³-hybridized carbons (Fsp3) is 1.00. The van der Waals surface area contributed by atoms with E-state index in [1.54, 1.807) is 0 Å². The molecule has 2 rings (SSSR count). The lowest BCUT2D eigenvalue weighted by Crippen LogP contribution is -2.58. The van der Waals surface area contributed by atoms with Crippen LogP contribution in [-0.2, 0) is 0 Å². The maximum atomic E-state index is 6.25. The first kappa shape index (κ1) is 9.81. The van der Waals surface area contributed by atoms with Gasteiger partial charge in [0.05, 0.1) is 0 Å². The molecule has 1 saturated heterocycles. The van der Waals surface area contributed by atoms with Crippen molar-refractivity contribution in [3.8, 4) is 0 Å². The van der Waals surface area contributed by atoms with E-state index in [1.165, 1.54) is 37.3 Å². The van der Waals surface area contributed by atoms with E-state index in [0.717, 1.165) is 12.6 Å². The van der Waals surface area contributed by atoms with Crippen molar-refractivity contribution >= 4 is 11.8 Å². The van der Waals surface area contributed by atoms with Gasteiger partial charge in [0.15, 0.2) is 0 Å². The highest BCUT2D eigenvalue weighted by molar-refractivity contribution is 7.99. The summed E-state index contributed by atoms with van der Waals surface area (Å²) in [4.78, 5) is 2.58. The maximum absolute atomic E-state index is 6.25. The van der Waals surface area contributed by atoms with Gasteiger partial charge in [-0.15, -0.1) is 0 Å². The zero-order valence-electron chi connectivity index (χ0n) is 8.46. The van der Waals surface area contributed by atoms with Gasteiger partial charge in [-0.3, -0.25) is 4.90 Å². The second-order valence-corrected chi connectivity index (χ2v) is 5.76. The van der Waals surface area contributed by atoms with Crippen LogP contribution in [0.15, 0.2) is 0 Å². The third-order valence-electron chi connectivity index (χ3n) is 3.37. The summed E-state index contributed by atoms with van der Waals surface area (Å²) in [5.74, 6) is 2.58. The molecule has 2 aliphatic rings. The number of thioether (sulfide) groups is 1. The molecular weight excluding hydrogens is 180 g/mol. The van der Waals surface area contributed by atoms with Crippen molar-refractivity contribution in [3.63, 3.8) is 0 Å². The van der Waals surface area contributed by atoms with E-state index in [4.69, 9.17) is 5.73 Å². The zero-order chi connectivity index (χ0) is 9.31. The first-order valence-corrected chi connectivity index (χ1v) is 6.46. The van der Waals surface area contributed by atoms with E-state index < -0.39 is 0 Å². The van der Waals surface area contributed by atoms with Crippen LogP contribution in [0.5, 0.6) is 0 Å². The SMILES string of the molecule is CC1CSCCN1CC1(N)CCC1. The predicted octanol–water partition coefficient (Wildman–Crippen LogP) is 1.31. The van der Waals surface area contributed by atoms with Crippen LogP contribution in [0.2, 0.25) is 0 Å². The number of hydrogen-bond acceptors (Lipinski definition) is 3. The molecule has 0 spiro atoms. The standard InChI is InChI=1S/C10H20N2S/c1-9-7-13-6-5-12(9)8-10(11)3-2-4-10/h9H,2-8,11H2,1H3. The molecule has 1 atom stereocenters. The Kier molecular flexibility index (Phi) is 2.86. The first-order chi connectivity index (χ1) is 6.20. The number of rotatable bonds is 2. The molecule has 13 heavy (non-hydrogen) atoms. The van der Waals surface area contributed by atoms with E-state index in [2.05, 4.69) is 23.6 Å². The molecule has 2 N–H and O–H groups in total. The Labute approximate surface area is 85.2 Å². The summed E-state index contributed by atoms with van der Waals surface area (Å²) in [6.07, 6.45) is 3.82. The molecule has 0 aromatic heterocycles. The highest BCUT2D eigenvalue weighted by Gasteiger charge is 2.35. The Morgan fingerprint density at radius 3 is 2.85 bits per heavy atom. The van der Waals surface area contributed by atoms with Crippen LogP contribution in [0.4, 0.5) is 0 Å². The fourth-order valence-corrected chi connectivity index (χ4v) is 3.27. The van der Waals surface area contributed by atoms with Crippen LogP contribution >= 0.6 is 11.8 Å². The molecule has 76 valence electrons. The van der Waals surface area contributed by atoms with Gasteiger partial charge in [0.2, 0.25) is 0 Å². The minimum atomic E-state index is 0.177. The Morgan fingerprint density at radius 1 is 1.54 bits per heavy atom. The summed E-state index contributed by atoms with van der Waals surface area (Å²) in [7, 11) is 0. The molecule has 0 radical (unpaired) electrons. The molecular formula is C10H20N2S. The zero-order valence-corrected chi connectivity index (χ0v) is 9.28. The summed E-state index contributed by atoms with van der Waals surface area (Å²) in [5.41, 5.74) is 6.42. The third kappa shape index (κ3) is 2.20. The minimum absolute atomic E-state index is 0.177. The Hall–Kier alpha value is 0.270. The largest absolute Gasteiger partial charge is 0.324 e. The maximum Gasteiger partial charge on any atom is 0.0283 e. The number of nitrogens with zero attached hydrogens (tertiary/aromatic N) is 1. The van der Waals surface area contributed by atoms with Gasteiger partial charge in [0, 0.05) is 36.2 Å². The highest BCUT2D eigenvalue weighted by atomic mass is 32.2. The summed E-state index contributed by atoms with van der Waals surface area (Å²) in [6.45, 7) is 4.70. The predicted molar refractivity (Wildman–Crippen MR) is 59.1 cm³/mol. The van der Waals surface area contributed by atoms with Crippen LogP contribution in [0, 0.1) is 0 Å². The molecule has 1 unspecified atom stereocenters. The van der Waals surface area contributed by atoms with Crippen molar-refractivity contribution in [2.75, 3.05) is 24.6 Å². The van der Waals surface area contributed by atoms with Gasteiger partial charge < -0.3 is 5.73 Å². The lowest BCUT2D eigenvalue weighted by Gasteiger charge is -2.45. The molecule has 1 aliphatic carbocycles. The summed E-state index contributed by atoms with van der Waals surface area (Å²) >= 11 is 2.08. The summed E-state index contributed by atoms with van der Waals surface area (Å²) in [6, 6.07) is 0.736. The van der Waals surface area contributed by atoms with Crippen LogP contribution in [0.25, 0.3) is 0 Å². The van der Waals surface area contributed by atoms with Gasteiger partial charge >= 0.3 is 0 Å². The summed E-state index contributed by atoms with van der Waals surface area (Å²) in [5, 5.41) is 0. The van der Waals surface area contributed by atoms with E-state index in [1.807, 2.05) is 0 Å². The van der Waals surface area contributed by atoms with Crippen LogP contribution in [-0.4, -0.2) is 41.1 Å². The average Bonchev–Trinajstić information content (AvgIpc) is 2.06. The molecule has 2 fully saturated rings. The Bertz CT molecular complexity index is 180. The lowest BCUT2D eigenvalue weighted by atomic mass is 9.77. The van der Waals surface area contributed by atoms with Crippen molar-refractivity contribution in [3.05, 3.63) is 0 Å². The average molecular weight is 200 g/mol. The topological polar surface area (TPSA) is 29.3 Å². The first-order valence-electron chi connectivity index (χ1n) is 5.30. The molecule has 1 saturated carbocycles. The minimum Gasteiger partial charge on any atom is -0.324 e.